The van der Waals surface area contributed by atoms with Crippen molar-refractivity contribution in [1.29, 1.82) is 0 Å². The molecule has 4 rings (SSSR count). The normalized spacial score (nSPS) is 14.4. The number of nitrogens with one attached hydrogen (secondary N) is 1. The van der Waals surface area contributed by atoms with Gasteiger partial charge in [0.1, 0.15) is 5.82 Å². The summed E-state index contributed by atoms with van der Waals surface area (Å²) in [4.78, 5) is 3.84. The summed E-state index contributed by atoms with van der Waals surface area (Å²) in [5, 5.41) is 11.8. The second-order valence-electron chi connectivity index (χ2n) is 7.74. The lowest BCUT2D eigenvalue weighted by molar-refractivity contribution is -0.140. The van der Waals surface area contributed by atoms with E-state index < -0.39 is 11.9 Å². The molecule has 0 bridgehead atoms. The van der Waals surface area contributed by atoms with Gasteiger partial charge in [0.25, 0.3) is 0 Å². The molecule has 0 radical (unpaired) electrons. The van der Waals surface area contributed by atoms with Crippen LogP contribution in [-0.2, 0) is 12.7 Å². The summed E-state index contributed by atoms with van der Waals surface area (Å²) in [5.74, 6) is 0.732. The molecule has 0 amide bonds. The molecule has 30 heavy (non-hydrogen) atoms. The number of benzene rings is 1. The van der Waals surface area contributed by atoms with Gasteiger partial charge in [-0.15, -0.1) is 5.10 Å². The molecule has 1 aliphatic rings. The molecule has 158 valence electrons. The fourth-order valence-corrected chi connectivity index (χ4v) is 3.43. The lowest BCUT2D eigenvalue weighted by atomic mass is 10.1. The first kappa shape index (κ1) is 20.7. The first-order chi connectivity index (χ1) is 14.2. The van der Waals surface area contributed by atoms with E-state index in [1.165, 1.54) is 0 Å². The Hall–Kier alpha value is -2.61. The van der Waals surface area contributed by atoms with Crippen LogP contribution in [0.15, 0.2) is 36.5 Å². The maximum absolute atomic E-state index is 13.1. The molecule has 1 aromatic carbocycles. The van der Waals surface area contributed by atoms with Crippen molar-refractivity contribution in [2.75, 3.05) is 5.32 Å². The third-order valence-corrected chi connectivity index (χ3v) is 5.22. The monoisotopic (exact) mass is 435 g/mol. The van der Waals surface area contributed by atoms with Crippen molar-refractivity contribution in [2.45, 2.75) is 51.4 Å². The van der Waals surface area contributed by atoms with Crippen molar-refractivity contribution in [3.05, 3.63) is 58.6 Å². The summed E-state index contributed by atoms with van der Waals surface area (Å²) in [7, 11) is 0. The minimum absolute atomic E-state index is 0.144. The van der Waals surface area contributed by atoms with Gasteiger partial charge < -0.3 is 9.88 Å². The second-order valence-corrected chi connectivity index (χ2v) is 8.13. The quantitative estimate of drug-likeness (QED) is 0.509. The molecule has 2 aromatic heterocycles. The van der Waals surface area contributed by atoms with E-state index in [-0.39, 0.29) is 6.04 Å². The van der Waals surface area contributed by atoms with Crippen LogP contribution >= 0.6 is 11.6 Å². The molecule has 1 N–H and O–H groups in total. The summed E-state index contributed by atoms with van der Waals surface area (Å²) in [6, 6.07) is 8.96. The molecule has 3 aromatic rings. The second kappa shape index (κ2) is 7.91. The third-order valence-electron chi connectivity index (χ3n) is 5.03. The average Bonchev–Trinajstić information content (AvgIpc) is 3.42. The van der Waals surface area contributed by atoms with Gasteiger partial charge in [0.05, 0.1) is 11.4 Å². The van der Waals surface area contributed by atoms with Gasteiger partial charge in [0.2, 0.25) is 0 Å². The topological polar surface area (TPSA) is 55.6 Å². The highest BCUT2D eigenvalue weighted by atomic mass is 35.5. The summed E-state index contributed by atoms with van der Waals surface area (Å²) in [6.07, 6.45) is -1.21. The van der Waals surface area contributed by atoms with Crippen molar-refractivity contribution < 1.29 is 13.2 Å². The molecule has 0 spiro atoms. The number of alkyl halides is 3. The molecular formula is C21H21ClF3N5. The Morgan fingerprint density at radius 2 is 1.87 bits per heavy atom. The van der Waals surface area contributed by atoms with Gasteiger partial charge >= 0.3 is 6.18 Å². The van der Waals surface area contributed by atoms with E-state index in [0.29, 0.717) is 29.0 Å². The number of halogens is 4. The first-order valence-corrected chi connectivity index (χ1v) is 10.1. The Bertz CT molecular complexity index is 1040. The minimum Gasteiger partial charge on any atom is -0.379 e. The number of aromatic nitrogens is 4. The van der Waals surface area contributed by atoms with Crippen LogP contribution in [0.2, 0.25) is 5.15 Å². The maximum Gasteiger partial charge on any atom is 0.434 e. The number of imidazole rings is 1. The number of rotatable bonds is 6. The Balaban J connectivity index is 1.53. The van der Waals surface area contributed by atoms with Crippen molar-refractivity contribution in [2.24, 2.45) is 0 Å². The molecule has 0 saturated heterocycles. The van der Waals surface area contributed by atoms with Gasteiger partial charge in [0.15, 0.2) is 10.8 Å². The number of hydrogen-bond acceptors (Lipinski definition) is 4. The van der Waals surface area contributed by atoms with E-state index in [1.807, 2.05) is 26.0 Å². The van der Waals surface area contributed by atoms with Crippen molar-refractivity contribution in [3.8, 4) is 11.4 Å². The lowest BCUT2D eigenvalue weighted by Crippen LogP contribution is -2.05. The van der Waals surface area contributed by atoms with Gasteiger partial charge in [-0.25, -0.2) is 4.98 Å². The molecule has 2 heterocycles. The Labute approximate surface area is 177 Å². The molecular weight excluding hydrogens is 415 g/mol. The van der Waals surface area contributed by atoms with E-state index in [9.17, 15) is 13.2 Å². The highest BCUT2D eigenvalue weighted by Gasteiger charge is 2.35. The van der Waals surface area contributed by atoms with Gasteiger partial charge in [-0.3, -0.25) is 0 Å². The van der Waals surface area contributed by atoms with E-state index in [1.54, 1.807) is 22.8 Å². The van der Waals surface area contributed by atoms with E-state index in [0.717, 1.165) is 36.0 Å². The van der Waals surface area contributed by atoms with Crippen molar-refractivity contribution >= 4 is 17.3 Å². The van der Waals surface area contributed by atoms with Crippen LogP contribution < -0.4 is 5.32 Å². The first-order valence-electron chi connectivity index (χ1n) is 9.74. The van der Waals surface area contributed by atoms with Gasteiger partial charge in [0, 0.05) is 36.3 Å². The molecule has 0 aliphatic heterocycles. The number of anilines is 1. The molecule has 1 saturated carbocycles. The lowest BCUT2D eigenvalue weighted by Gasteiger charge is -2.13. The van der Waals surface area contributed by atoms with Crippen LogP contribution in [-0.4, -0.2) is 19.7 Å². The van der Waals surface area contributed by atoms with Crippen LogP contribution in [0, 0.1) is 0 Å². The van der Waals surface area contributed by atoms with Crippen LogP contribution in [0.3, 0.4) is 0 Å². The Morgan fingerprint density at radius 1 is 1.17 bits per heavy atom. The fourth-order valence-electron chi connectivity index (χ4n) is 3.28. The molecule has 1 fully saturated rings. The number of nitrogens with zero attached hydrogens (tertiary/aromatic N) is 4. The maximum atomic E-state index is 13.1. The zero-order valence-corrected chi connectivity index (χ0v) is 17.3. The Kier molecular flexibility index (Phi) is 5.44. The van der Waals surface area contributed by atoms with E-state index in [2.05, 4.69) is 20.5 Å². The smallest absolute Gasteiger partial charge is 0.379 e. The molecule has 1 aliphatic carbocycles. The van der Waals surface area contributed by atoms with E-state index >= 15 is 0 Å². The van der Waals surface area contributed by atoms with Crippen molar-refractivity contribution in [1.82, 2.24) is 19.7 Å². The van der Waals surface area contributed by atoms with Crippen LogP contribution in [0.25, 0.3) is 11.4 Å². The zero-order chi connectivity index (χ0) is 21.5. The SMILES string of the molecule is CC(C)n1cc(C(F)(F)F)nc1-c1ccc(CNc2cc(Cl)nnc2C2CC2)cc1. The summed E-state index contributed by atoms with van der Waals surface area (Å²) < 4.78 is 40.9. The third kappa shape index (κ3) is 4.43. The zero-order valence-electron chi connectivity index (χ0n) is 16.5. The standard InChI is InChI=1S/C21H21ClF3N5/c1-12(2)30-11-17(21(23,24)25)27-20(30)15-5-3-13(4-6-15)10-26-16-9-18(22)28-29-19(16)14-7-8-14/h3-6,9,11-12,14H,7-8,10H2,1-2H3,(H,26,28). The van der Waals surface area contributed by atoms with Crippen LogP contribution in [0.5, 0.6) is 0 Å². The molecule has 9 heteroatoms. The van der Waals surface area contributed by atoms with Gasteiger partial charge in [-0.2, -0.15) is 18.3 Å². The highest BCUT2D eigenvalue weighted by Crippen LogP contribution is 2.42. The average molecular weight is 436 g/mol. The predicted molar refractivity (Wildman–Crippen MR) is 109 cm³/mol. The molecule has 0 atom stereocenters. The van der Waals surface area contributed by atoms with Gasteiger partial charge in [-0.05, 0) is 32.3 Å². The number of hydrogen-bond donors (Lipinski definition) is 1. The predicted octanol–water partition coefficient (Wildman–Crippen LogP) is 6.08. The van der Waals surface area contributed by atoms with Crippen LogP contribution in [0.4, 0.5) is 18.9 Å². The summed E-state index contributed by atoms with van der Waals surface area (Å²) in [5.41, 5.74) is 2.52. The van der Waals surface area contributed by atoms with Crippen molar-refractivity contribution in [3.63, 3.8) is 0 Å². The molecule has 0 unspecified atom stereocenters. The van der Waals surface area contributed by atoms with Gasteiger partial charge in [-0.1, -0.05) is 35.9 Å². The largest absolute Gasteiger partial charge is 0.434 e. The fraction of sp³-hybridized carbons (Fsp3) is 0.381. The Morgan fingerprint density at radius 3 is 2.47 bits per heavy atom. The van der Waals surface area contributed by atoms with Crippen LogP contribution in [0.1, 0.15) is 55.6 Å². The highest BCUT2D eigenvalue weighted by molar-refractivity contribution is 6.29. The molecule has 5 nitrogen and oxygen atoms in total. The minimum atomic E-state index is -4.47. The summed E-state index contributed by atoms with van der Waals surface area (Å²) >= 11 is 5.98. The summed E-state index contributed by atoms with van der Waals surface area (Å²) in [6.45, 7) is 4.19. The van der Waals surface area contributed by atoms with E-state index in [4.69, 9.17) is 11.6 Å².